The number of hydrogen-bond donors (Lipinski definition) is 2. The highest BCUT2D eigenvalue weighted by Crippen LogP contribution is 2.19. The third kappa shape index (κ3) is 13.1. The first-order chi connectivity index (χ1) is 11.5. The van der Waals surface area contributed by atoms with Crippen molar-refractivity contribution in [1.82, 2.24) is 15.5 Å². The molecule has 25 heavy (non-hydrogen) atoms. The van der Waals surface area contributed by atoms with Crippen molar-refractivity contribution in [3.63, 3.8) is 0 Å². The number of rotatable bonds is 12. The van der Waals surface area contributed by atoms with Gasteiger partial charge in [-0.05, 0) is 51.2 Å². The Morgan fingerprint density at radius 3 is 2.32 bits per heavy atom. The van der Waals surface area contributed by atoms with Gasteiger partial charge in [0.15, 0.2) is 5.96 Å². The van der Waals surface area contributed by atoms with E-state index in [0.717, 1.165) is 38.4 Å². The van der Waals surface area contributed by atoms with Gasteiger partial charge in [0.2, 0.25) is 0 Å². The molecule has 0 rings (SSSR count). The summed E-state index contributed by atoms with van der Waals surface area (Å²) in [5.74, 6) is 0.998. The van der Waals surface area contributed by atoms with Crippen LogP contribution in [0.3, 0.4) is 0 Å². The number of sulfone groups is 1. The molecule has 0 aliphatic heterocycles. The third-order valence-corrected chi connectivity index (χ3v) is 5.44. The fraction of sp³-hybridized carbons (Fsp3) is 0.944. The van der Waals surface area contributed by atoms with Crippen LogP contribution in [-0.4, -0.2) is 70.6 Å². The lowest BCUT2D eigenvalue weighted by atomic mass is 9.90. The Labute approximate surface area is 155 Å². The van der Waals surface area contributed by atoms with Crippen LogP contribution in [0.5, 0.6) is 0 Å². The lowest BCUT2D eigenvalue weighted by Crippen LogP contribution is -2.45. The lowest BCUT2D eigenvalue weighted by molar-refractivity contribution is 0.292. The molecule has 0 saturated heterocycles. The van der Waals surface area contributed by atoms with Gasteiger partial charge in [-0.3, -0.25) is 4.99 Å². The first-order valence-corrected chi connectivity index (χ1v) is 11.5. The Morgan fingerprint density at radius 2 is 1.84 bits per heavy atom. The average Bonchev–Trinajstić information content (AvgIpc) is 2.53. The van der Waals surface area contributed by atoms with Crippen molar-refractivity contribution in [3.8, 4) is 0 Å². The number of nitrogens with one attached hydrogen (secondary N) is 2. The molecule has 0 aromatic heterocycles. The molecule has 0 aromatic rings. The predicted molar refractivity (Wildman–Crippen MR) is 109 cm³/mol. The maximum atomic E-state index is 11.3. The molecule has 0 aromatic carbocycles. The second kappa shape index (κ2) is 11.7. The van der Waals surface area contributed by atoms with E-state index in [2.05, 4.69) is 55.1 Å². The smallest absolute Gasteiger partial charge is 0.191 e. The molecule has 0 amide bonds. The van der Waals surface area contributed by atoms with Crippen LogP contribution in [0.1, 0.15) is 53.9 Å². The van der Waals surface area contributed by atoms with Crippen molar-refractivity contribution in [1.29, 1.82) is 0 Å². The van der Waals surface area contributed by atoms with E-state index in [9.17, 15) is 8.42 Å². The average molecular weight is 377 g/mol. The van der Waals surface area contributed by atoms with Crippen molar-refractivity contribution < 1.29 is 8.42 Å². The molecule has 0 aliphatic rings. The third-order valence-electron chi connectivity index (χ3n) is 4.50. The normalized spacial score (nSPS) is 14.6. The number of aliphatic imine (C=N–C) groups is 1. The topological polar surface area (TPSA) is 73.8 Å². The molecule has 7 heteroatoms. The number of hydrogen-bond acceptors (Lipinski definition) is 4. The van der Waals surface area contributed by atoms with Gasteiger partial charge in [0.05, 0.1) is 5.75 Å². The molecule has 2 N–H and O–H groups in total. The first-order valence-electron chi connectivity index (χ1n) is 9.40. The maximum Gasteiger partial charge on any atom is 0.191 e. The summed E-state index contributed by atoms with van der Waals surface area (Å²) in [5.41, 5.74) is -0.104. The molecule has 6 nitrogen and oxygen atoms in total. The number of guanidine groups is 1. The van der Waals surface area contributed by atoms with Gasteiger partial charge in [-0.2, -0.15) is 0 Å². The van der Waals surface area contributed by atoms with Gasteiger partial charge in [0.25, 0.3) is 0 Å². The largest absolute Gasteiger partial charge is 0.356 e. The van der Waals surface area contributed by atoms with Gasteiger partial charge >= 0.3 is 0 Å². The molecule has 0 radical (unpaired) electrons. The van der Waals surface area contributed by atoms with Gasteiger partial charge in [-0.15, -0.1) is 0 Å². The summed E-state index contributed by atoms with van der Waals surface area (Å²) in [7, 11) is -1.15. The predicted octanol–water partition coefficient (Wildman–Crippen LogP) is 2.12. The van der Waals surface area contributed by atoms with E-state index in [0.29, 0.717) is 19.0 Å². The van der Waals surface area contributed by atoms with Crippen LogP contribution in [0.25, 0.3) is 0 Å². The Bertz CT molecular complexity index is 485. The summed E-state index contributed by atoms with van der Waals surface area (Å²) < 4.78 is 22.7. The van der Waals surface area contributed by atoms with Crippen molar-refractivity contribution in [2.45, 2.75) is 59.9 Å². The summed E-state index contributed by atoms with van der Waals surface area (Å²) in [4.78, 5) is 6.72. The standard InChI is InChI=1S/C18H40N4O2S/c1-8-22(9-2)13-10-11-16(3)21-17(19-6)20-15-18(4,5)12-14-25(7,23)24/h16H,8-15H2,1-7H3,(H2,19,20,21). The van der Waals surface area contributed by atoms with Gasteiger partial charge in [-0.25, -0.2) is 8.42 Å². The van der Waals surface area contributed by atoms with Gasteiger partial charge < -0.3 is 15.5 Å². The SMILES string of the molecule is CCN(CC)CCCC(C)NC(=NC)NCC(C)(C)CCS(C)(=O)=O. The summed E-state index contributed by atoms with van der Waals surface area (Å²) in [5, 5.41) is 6.76. The van der Waals surface area contributed by atoms with Gasteiger partial charge in [0.1, 0.15) is 9.84 Å². The maximum absolute atomic E-state index is 11.3. The Balaban J connectivity index is 4.24. The molecule has 1 unspecified atom stereocenters. The molecule has 0 spiro atoms. The fourth-order valence-corrected chi connectivity index (χ4v) is 3.46. The van der Waals surface area contributed by atoms with Crippen molar-refractivity contribution in [3.05, 3.63) is 0 Å². The molecule has 0 heterocycles. The van der Waals surface area contributed by atoms with E-state index >= 15 is 0 Å². The van der Waals surface area contributed by atoms with Gasteiger partial charge in [0, 0.05) is 25.9 Å². The number of nitrogens with zero attached hydrogens (tertiary/aromatic N) is 2. The van der Waals surface area contributed by atoms with Crippen molar-refractivity contribution >= 4 is 15.8 Å². The molecule has 0 fully saturated rings. The molecule has 0 aliphatic carbocycles. The van der Waals surface area contributed by atoms with Crippen LogP contribution >= 0.6 is 0 Å². The van der Waals surface area contributed by atoms with Crippen LogP contribution < -0.4 is 10.6 Å². The summed E-state index contributed by atoms with van der Waals surface area (Å²) in [6, 6.07) is 0.348. The minimum Gasteiger partial charge on any atom is -0.356 e. The highest BCUT2D eigenvalue weighted by Gasteiger charge is 2.20. The highest BCUT2D eigenvalue weighted by molar-refractivity contribution is 7.90. The van der Waals surface area contributed by atoms with Crippen LogP contribution in [0.15, 0.2) is 4.99 Å². The van der Waals surface area contributed by atoms with E-state index in [1.54, 1.807) is 7.05 Å². The zero-order valence-corrected chi connectivity index (χ0v) is 18.2. The van der Waals surface area contributed by atoms with E-state index < -0.39 is 9.84 Å². The Hall–Kier alpha value is -0.820. The van der Waals surface area contributed by atoms with E-state index in [4.69, 9.17) is 0 Å². The van der Waals surface area contributed by atoms with Crippen LogP contribution in [0, 0.1) is 5.41 Å². The molecular weight excluding hydrogens is 336 g/mol. The second-order valence-corrected chi connectivity index (χ2v) is 9.94. The Morgan fingerprint density at radius 1 is 1.24 bits per heavy atom. The molecular formula is C18H40N4O2S. The van der Waals surface area contributed by atoms with E-state index in [1.807, 2.05) is 0 Å². The van der Waals surface area contributed by atoms with E-state index in [1.165, 1.54) is 6.26 Å². The molecule has 0 bridgehead atoms. The molecule has 1 atom stereocenters. The highest BCUT2D eigenvalue weighted by atomic mass is 32.2. The Kier molecular flexibility index (Phi) is 11.3. The van der Waals surface area contributed by atoms with Gasteiger partial charge in [-0.1, -0.05) is 27.7 Å². The fourth-order valence-electron chi connectivity index (χ4n) is 2.53. The zero-order valence-electron chi connectivity index (χ0n) is 17.4. The van der Waals surface area contributed by atoms with E-state index in [-0.39, 0.29) is 11.2 Å². The molecule has 0 saturated carbocycles. The van der Waals surface area contributed by atoms with Crippen molar-refractivity contribution in [2.24, 2.45) is 10.4 Å². The summed E-state index contributed by atoms with van der Waals surface area (Å²) in [6.07, 6.45) is 4.17. The van der Waals surface area contributed by atoms with Crippen LogP contribution in [0.2, 0.25) is 0 Å². The van der Waals surface area contributed by atoms with Crippen LogP contribution in [0.4, 0.5) is 0 Å². The van der Waals surface area contributed by atoms with Crippen LogP contribution in [-0.2, 0) is 9.84 Å². The molecule has 150 valence electrons. The summed E-state index contributed by atoms with van der Waals surface area (Å²) >= 11 is 0. The minimum absolute atomic E-state index is 0.104. The second-order valence-electron chi connectivity index (χ2n) is 7.68. The first kappa shape index (κ1) is 24.2. The van der Waals surface area contributed by atoms with Crippen molar-refractivity contribution in [2.75, 3.05) is 45.2 Å². The summed E-state index contributed by atoms with van der Waals surface area (Å²) in [6.45, 7) is 14.7. The quantitative estimate of drug-likeness (QED) is 0.403. The monoisotopic (exact) mass is 376 g/mol. The minimum atomic E-state index is -2.92. The zero-order chi connectivity index (χ0) is 19.5. The lowest BCUT2D eigenvalue weighted by Gasteiger charge is -2.27.